The number of nitrogens with zero attached hydrogens (tertiary/aromatic N) is 3. The molecule has 7 nitrogen and oxygen atoms in total. The van der Waals surface area contributed by atoms with Gasteiger partial charge in [0.25, 0.3) is 5.91 Å². The fourth-order valence-corrected chi connectivity index (χ4v) is 3.20. The maximum absolute atomic E-state index is 12.6. The van der Waals surface area contributed by atoms with Crippen LogP contribution in [0.5, 0.6) is 11.5 Å². The quantitative estimate of drug-likeness (QED) is 0.551. The van der Waals surface area contributed by atoms with E-state index in [4.69, 9.17) is 14.0 Å². The van der Waals surface area contributed by atoms with Crippen LogP contribution in [0.2, 0.25) is 0 Å². The van der Waals surface area contributed by atoms with Crippen molar-refractivity contribution in [1.29, 1.82) is 0 Å². The molecule has 0 fully saturated rings. The summed E-state index contributed by atoms with van der Waals surface area (Å²) < 4.78 is 15.9. The lowest BCUT2D eigenvalue weighted by Crippen LogP contribution is -2.30. The fourth-order valence-electron chi connectivity index (χ4n) is 2.51. The Hall–Kier alpha value is -3.13. The molecule has 0 spiro atoms. The van der Waals surface area contributed by atoms with Gasteiger partial charge in [-0.2, -0.15) is 4.98 Å². The summed E-state index contributed by atoms with van der Waals surface area (Å²) in [7, 11) is 3.13. The van der Waals surface area contributed by atoms with Crippen LogP contribution in [0, 0.1) is 0 Å². The van der Waals surface area contributed by atoms with E-state index >= 15 is 0 Å². The number of carbonyl (C=O) groups is 1. The van der Waals surface area contributed by atoms with Crippen LogP contribution in [0.15, 0.2) is 52.9 Å². The van der Waals surface area contributed by atoms with Crippen LogP contribution in [0.1, 0.15) is 15.6 Å². The Kier molecular flexibility index (Phi) is 5.87. The molecule has 0 bridgehead atoms. The second-order valence-electron chi connectivity index (χ2n) is 5.53. The molecule has 2 heterocycles. The summed E-state index contributed by atoms with van der Waals surface area (Å²) >= 11 is 1.39. The molecule has 0 saturated heterocycles. The Morgan fingerprint density at radius 3 is 2.78 bits per heavy atom. The van der Waals surface area contributed by atoms with Crippen LogP contribution < -0.4 is 9.47 Å². The number of methoxy groups -OCH3 is 2. The van der Waals surface area contributed by atoms with E-state index in [9.17, 15) is 4.79 Å². The molecular weight excluding hydrogens is 366 g/mol. The number of thiophene rings is 1. The molecule has 3 rings (SSSR count). The standard InChI is InChI=1S/C19H19N3O4S/c1-4-9-22(19(23)16-6-5-10-27-16)12-17-20-18(21-26-17)13-7-8-14(24-2)15(11-13)25-3/h4-8,10-11H,1,9,12H2,2-3H3. The molecule has 1 amide bonds. The van der Waals surface area contributed by atoms with Gasteiger partial charge in [0.05, 0.1) is 19.1 Å². The lowest BCUT2D eigenvalue weighted by atomic mass is 10.2. The normalized spacial score (nSPS) is 10.4. The van der Waals surface area contributed by atoms with Crippen molar-refractivity contribution in [2.75, 3.05) is 20.8 Å². The molecule has 0 N–H and O–H groups in total. The molecule has 0 aliphatic rings. The maximum Gasteiger partial charge on any atom is 0.264 e. The van der Waals surface area contributed by atoms with Crippen molar-refractivity contribution < 1.29 is 18.8 Å². The highest BCUT2D eigenvalue weighted by Gasteiger charge is 2.19. The number of amides is 1. The van der Waals surface area contributed by atoms with E-state index in [0.29, 0.717) is 34.6 Å². The third-order valence-corrected chi connectivity index (χ3v) is 4.66. The van der Waals surface area contributed by atoms with E-state index in [0.717, 1.165) is 5.56 Å². The maximum atomic E-state index is 12.6. The van der Waals surface area contributed by atoms with Crippen LogP contribution in [-0.2, 0) is 6.54 Å². The Bertz CT molecular complexity index is 921. The largest absolute Gasteiger partial charge is 0.493 e. The Balaban J connectivity index is 1.80. The monoisotopic (exact) mass is 385 g/mol. The molecule has 27 heavy (non-hydrogen) atoms. The van der Waals surface area contributed by atoms with Gasteiger partial charge in [0, 0.05) is 12.1 Å². The first-order valence-corrected chi connectivity index (χ1v) is 9.03. The molecule has 0 unspecified atom stereocenters. The summed E-state index contributed by atoms with van der Waals surface area (Å²) in [5, 5.41) is 5.87. The zero-order valence-electron chi connectivity index (χ0n) is 15.0. The predicted octanol–water partition coefficient (Wildman–Crippen LogP) is 3.64. The molecule has 2 aromatic heterocycles. The molecular formula is C19H19N3O4S. The summed E-state index contributed by atoms with van der Waals surface area (Å²) in [6, 6.07) is 8.98. The number of rotatable bonds is 8. The summed E-state index contributed by atoms with van der Waals surface area (Å²) in [4.78, 5) is 19.2. The van der Waals surface area contributed by atoms with E-state index in [-0.39, 0.29) is 12.5 Å². The van der Waals surface area contributed by atoms with Gasteiger partial charge in [0.15, 0.2) is 11.5 Å². The molecule has 0 aliphatic carbocycles. The number of carbonyl (C=O) groups excluding carboxylic acids is 1. The minimum atomic E-state index is -0.101. The lowest BCUT2D eigenvalue weighted by Gasteiger charge is -2.17. The Labute approximate surface area is 160 Å². The minimum Gasteiger partial charge on any atom is -0.493 e. The van der Waals surface area contributed by atoms with Crippen LogP contribution in [-0.4, -0.2) is 41.7 Å². The van der Waals surface area contributed by atoms with Gasteiger partial charge in [-0.1, -0.05) is 17.3 Å². The van der Waals surface area contributed by atoms with E-state index in [1.165, 1.54) is 11.3 Å². The molecule has 8 heteroatoms. The number of aromatic nitrogens is 2. The summed E-state index contributed by atoms with van der Waals surface area (Å²) in [6.07, 6.45) is 1.66. The molecule has 0 atom stereocenters. The average molecular weight is 385 g/mol. The first-order valence-electron chi connectivity index (χ1n) is 8.15. The van der Waals surface area contributed by atoms with Crippen molar-refractivity contribution >= 4 is 17.2 Å². The Morgan fingerprint density at radius 1 is 1.30 bits per heavy atom. The van der Waals surface area contributed by atoms with Crippen LogP contribution in [0.3, 0.4) is 0 Å². The van der Waals surface area contributed by atoms with Crippen molar-refractivity contribution in [3.63, 3.8) is 0 Å². The first kappa shape index (κ1) is 18.7. The highest BCUT2D eigenvalue weighted by molar-refractivity contribution is 7.12. The second-order valence-corrected chi connectivity index (χ2v) is 6.48. The number of hydrogen-bond acceptors (Lipinski definition) is 7. The summed E-state index contributed by atoms with van der Waals surface area (Å²) in [5.74, 6) is 1.83. The van der Waals surface area contributed by atoms with Gasteiger partial charge in [0.1, 0.15) is 6.54 Å². The van der Waals surface area contributed by atoms with Gasteiger partial charge in [-0.15, -0.1) is 17.9 Å². The zero-order valence-corrected chi connectivity index (χ0v) is 15.9. The van der Waals surface area contributed by atoms with Gasteiger partial charge in [0.2, 0.25) is 11.7 Å². The van der Waals surface area contributed by atoms with Crippen molar-refractivity contribution in [3.8, 4) is 22.9 Å². The molecule has 0 saturated carbocycles. The SMILES string of the molecule is C=CCN(Cc1nc(-c2ccc(OC)c(OC)c2)no1)C(=O)c1cccs1. The van der Waals surface area contributed by atoms with Crippen LogP contribution in [0.25, 0.3) is 11.4 Å². The van der Waals surface area contributed by atoms with Crippen LogP contribution in [0.4, 0.5) is 0 Å². The van der Waals surface area contributed by atoms with Gasteiger partial charge in [-0.25, -0.2) is 0 Å². The highest BCUT2D eigenvalue weighted by Crippen LogP contribution is 2.31. The second kappa shape index (κ2) is 8.50. The molecule has 3 aromatic rings. The fraction of sp³-hybridized carbons (Fsp3) is 0.211. The average Bonchev–Trinajstić information content (AvgIpc) is 3.38. The molecule has 1 aromatic carbocycles. The summed E-state index contributed by atoms with van der Waals surface area (Å²) in [6.45, 7) is 4.29. The smallest absolute Gasteiger partial charge is 0.264 e. The van der Waals surface area contributed by atoms with E-state index in [1.807, 2.05) is 17.5 Å². The first-order chi connectivity index (χ1) is 13.2. The summed E-state index contributed by atoms with van der Waals surface area (Å²) in [5.41, 5.74) is 0.725. The third-order valence-electron chi connectivity index (χ3n) is 3.80. The number of hydrogen-bond donors (Lipinski definition) is 0. The van der Waals surface area contributed by atoms with Gasteiger partial charge < -0.3 is 18.9 Å². The van der Waals surface area contributed by atoms with Gasteiger partial charge in [-0.05, 0) is 29.6 Å². The van der Waals surface area contributed by atoms with Crippen molar-refractivity contribution in [3.05, 3.63) is 59.1 Å². The zero-order chi connectivity index (χ0) is 19.2. The molecule has 140 valence electrons. The number of benzene rings is 1. The molecule has 0 aliphatic heterocycles. The van der Waals surface area contributed by atoms with E-state index < -0.39 is 0 Å². The van der Waals surface area contributed by atoms with Crippen molar-refractivity contribution in [1.82, 2.24) is 15.0 Å². The number of ether oxygens (including phenoxy) is 2. The van der Waals surface area contributed by atoms with E-state index in [1.54, 1.807) is 43.4 Å². The van der Waals surface area contributed by atoms with Gasteiger partial charge >= 0.3 is 0 Å². The third kappa shape index (κ3) is 4.17. The predicted molar refractivity (Wildman–Crippen MR) is 102 cm³/mol. The van der Waals surface area contributed by atoms with Crippen molar-refractivity contribution in [2.24, 2.45) is 0 Å². The lowest BCUT2D eigenvalue weighted by molar-refractivity contribution is 0.0750. The van der Waals surface area contributed by atoms with Crippen LogP contribution >= 0.6 is 11.3 Å². The van der Waals surface area contributed by atoms with Gasteiger partial charge in [-0.3, -0.25) is 4.79 Å². The molecule has 0 radical (unpaired) electrons. The minimum absolute atomic E-state index is 0.101. The topological polar surface area (TPSA) is 77.7 Å². The Morgan fingerprint density at radius 2 is 2.11 bits per heavy atom. The van der Waals surface area contributed by atoms with E-state index in [2.05, 4.69) is 16.7 Å². The van der Waals surface area contributed by atoms with Crippen molar-refractivity contribution in [2.45, 2.75) is 6.54 Å². The highest BCUT2D eigenvalue weighted by atomic mass is 32.1.